The van der Waals surface area contributed by atoms with Gasteiger partial charge in [-0.05, 0) is 12.8 Å². The number of anilines is 1. The Labute approximate surface area is 75.4 Å². The van der Waals surface area contributed by atoms with Gasteiger partial charge in [-0.25, -0.2) is 9.97 Å². The second kappa shape index (κ2) is 2.45. The first kappa shape index (κ1) is 6.88. The number of nitrogens with zero attached hydrogens (tertiary/aromatic N) is 2. The van der Waals surface area contributed by atoms with Crippen molar-refractivity contribution in [1.29, 1.82) is 0 Å². The molecule has 0 unspecified atom stereocenters. The SMILES string of the molecule is c1nc2cnc3c(c2[nH]1)CCCN3. The maximum atomic E-state index is 4.33. The van der Waals surface area contributed by atoms with E-state index in [2.05, 4.69) is 20.3 Å². The van der Waals surface area contributed by atoms with E-state index >= 15 is 0 Å². The molecule has 0 spiro atoms. The van der Waals surface area contributed by atoms with Gasteiger partial charge < -0.3 is 10.3 Å². The molecule has 0 aromatic carbocycles. The second-order valence-corrected chi connectivity index (χ2v) is 3.28. The van der Waals surface area contributed by atoms with Gasteiger partial charge in [0.2, 0.25) is 0 Å². The highest BCUT2D eigenvalue weighted by Gasteiger charge is 2.13. The predicted octanol–water partition coefficient (Wildman–Crippen LogP) is 1.32. The maximum absolute atomic E-state index is 4.33. The minimum atomic E-state index is 0.961. The Bertz CT molecular complexity index is 446. The number of imidazole rings is 1. The van der Waals surface area contributed by atoms with E-state index < -0.39 is 0 Å². The Balaban J connectivity index is 2.34. The van der Waals surface area contributed by atoms with E-state index in [-0.39, 0.29) is 0 Å². The van der Waals surface area contributed by atoms with Crippen molar-refractivity contribution in [2.45, 2.75) is 12.8 Å². The number of aromatic nitrogens is 3. The van der Waals surface area contributed by atoms with Crippen molar-refractivity contribution < 1.29 is 0 Å². The van der Waals surface area contributed by atoms with Gasteiger partial charge in [0.25, 0.3) is 0 Å². The van der Waals surface area contributed by atoms with Gasteiger partial charge in [0, 0.05) is 12.1 Å². The highest BCUT2D eigenvalue weighted by atomic mass is 15.0. The van der Waals surface area contributed by atoms with Gasteiger partial charge in [-0.15, -0.1) is 0 Å². The molecule has 2 N–H and O–H groups in total. The molecule has 0 saturated carbocycles. The molecule has 3 rings (SSSR count). The average Bonchev–Trinajstić information content (AvgIpc) is 2.65. The number of hydrogen-bond acceptors (Lipinski definition) is 3. The van der Waals surface area contributed by atoms with E-state index in [1.807, 2.05) is 6.20 Å². The molecular weight excluding hydrogens is 164 g/mol. The third-order valence-electron chi connectivity index (χ3n) is 2.47. The van der Waals surface area contributed by atoms with Gasteiger partial charge in [0.05, 0.1) is 18.0 Å². The molecule has 13 heavy (non-hydrogen) atoms. The Morgan fingerprint density at radius 1 is 1.31 bits per heavy atom. The van der Waals surface area contributed by atoms with E-state index in [9.17, 15) is 0 Å². The summed E-state index contributed by atoms with van der Waals surface area (Å²) >= 11 is 0. The summed E-state index contributed by atoms with van der Waals surface area (Å²) in [4.78, 5) is 11.7. The Hall–Kier alpha value is -1.58. The Morgan fingerprint density at radius 2 is 2.31 bits per heavy atom. The number of hydrogen-bond donors (Lipinski definition) is 2. The number of aryl methyl sites for hydroxylation is 1. The molecule has 0 amide bonds. The molecule has 0 bridgehead atoms. The summed E-state index contributed by atoms with van der Waals surface area (Å²) in [6.45, 7) is 1.03. The number of aromatic amines is 1. The van der Waals surface area contributed by atoms with E-state index in [4.69, 9.17) is 0 Å². The Kier molecular flexibility index (Phi) is 1.30. The summed E-state index contributed by atoms with van der Waals surface area (Å²) in [6.07, 6.45) is 5.80. The van der Waals surface area contributed by atoms with Gasteiger partial charge >= 0.3 is 0 Å². The standard InChI is InChI=1S/C9H10N4/c1-2-6-8-7(12-5-13-8)4-11-9(6)10-3-1/h4-5H,1-3H2,(H,10,11)(H,12,13). The fourth-order valence-corrected chi connectivity index (χ4v) is 1.83. The molecule has 2 aromatic rings. The fraction of sp³-hybridized carbons (Fsp3) is 0.333. The first-order valence-corrected chi connectivity index (χ1v) is 4.50. The van der Waals surface area contributed by atoms with Crippen molar-refractivity contribution in [1.82, 2.24) is 15.0 Å². The minimum Gasteiger partial charge on any atom is -0.370 e. The zero-order valence-corrected chi connectivity index (χ0v) is 7.17. The topological polar surface area (TPSA) is 53.6 Å². The lowest BCUT2D eigenvalue weighted by atomic mass is 10.1. The van der Waals surface area contributed by atoms with Gasteiger partial charge in [0.15, 0.2) is 0 Å². The van der Waals surface area contributed by atoms with Crippen molar-refractivity contribution in [2.24, 2.45) is 0 Å². The summed E-state index contributed by atoms with van der Waals surface area (Å²) in [5.74, 6) is 1.02. The van der Waals surface area contributed by atoms with Crippen LogP contribution in [0.15, 0.2) is 12.5 Å². The van der Waals surface area contributed by atoms with E-state index in [0.29, 0.717) is 0 Å². The van der Waals surface area contributed by atoms with Gasteiger partial charge in [-0.2, -0.15) is 0 Å². The average molecular weight is 174 g/mol. The molecule has 4 heteroatoms. The molecule has 3 heterocycles. The number of pyridine rings is 1. The molecule has 1 aliphatic heterocycles. The lowest BCUT2D eigenvalue weighted by Gasteiger charge is -2.16. The van der Waals surface area contributed by atoms with Gasteiger partial charge in [-0.3, -0.25) is 0 Å². The molecule has 0 radical (unpaired) electrons. The molecule has 1 aliphatic rings. The largest absolute Gasteiger partial charge is 0.370 e. The van der Waals surface area contributed by atoms with Crippen molar-refractivity contribution in [2.75, 3.05) is 11.9 Å². The molecule has 66 valence electrons. The van der Waals surface area contributed by atoms with E-state index in [1.165, 1.54) is 12.0 Å². The molecule has 0 atom stereocenters. The van der Waals surface area contributed by atoms with Gasteiger partial charge in [-0.1, -0.05) is 0 Å². The highest BCUT2D eigenvalue weighted by Crippen LogP contribution is 2.25. The van der Waals surface area contributed by atoms with Crippen LogP contribution in [0.1, 0.15) is 12.0 Å². The summed E-state index contributed by atoms with van der Waals surface area (Å²) in [5, 5.41) is 3.29. The number of fused-ring (bicyclic) bond motifs is 3. The lowest BCUT2D eigenvalue weighted by molar-refractivity contribution is 0.823. The van der Waals surface area contributed by atoms with Crippen LogP contribution >= 0.6 is 0 Å². The van der Waals surface area contributed by atoms with Crippen LogP contribution in [0.5, 0.6) is 0 Å². The van der Waals surface area contributed by atoms with Crippen molar-refractivity contribution in [3.05, 3.63) is 18.1 Å². The second-order valence-electron chi connectivity index (χ2n) is 3.28. The fourth-order valence-electron chi connectivity index (χ4n) is 1.83. The van der Waals surface area contributed by atoms with Crippen LogP contribution in [0.2, 0.25) is 0 Å². The van der Waals surface area contributed by atoms with Crippen molar-refractivity contribution >= 4 is 16.9 Å². The van der Waals surface area contributed by atoms with Gasteiger partial charge in [0.1, 0.15) is 11.3 Å². The predicted molar refractivity (Wildman–Crippen MR) is 50.7 cm³/mol. The lowest BCUT2D eigenvalue weighted by Crippen LogP contribution is -2.13. The van der Waals surface area contributed by atoms with Crippen LogP contribution in [0.4, 0.5) is 5.82 Å². The van der Waals surface area contributed by atoms with Crippen molar-refractivity contribution in [3.63, 3.8) is 0 Å². The normalized spacial score (nSPS) is 15.4. The van der Waals surface area contributed by atoms with E-state index in [0.717, 1.165) is 29.8 Å². The maximum Gasteiger partial charge on any atom is 0.131 e. The molecule has 2 aromatic heterocycles. The smallest absolute Gasteiger partial charge is 0.131 e. The summed E-state index contributed by atoms with van der Waals surface area (Å²) in [6, 6.07) is 0. The number of nitrogens with one attached hydrogen (secondary N) is 2. The third-order valence-corrected chi connectivity index (χ3v) is 2.47. The van der Waals surface area contributed by atoms with Crippen LogP contribution in [0.25, 0.3) is 11.0 Å². The van der Waals surface area contributed by atoms with Crippen LogP contribution in [0, 0.1) is 0 Å². The Morgan fingerprint density at radius 3 is 3.31 bits per heavy atom. The molecular formula is C9H10N4. The zero-order valence-electron chi connectivity index (χ0n) is 7.17. The minimum absolute atomic E-state index is 0.961. The number of H-pyrrole nitrogens is 1. The molecule has 4 nitrogen and oxygen atoms in total. The van der Waals surface area contributed by atoms with Crippen molar-refractivity contribution in [3.8, 4) is 0 Å². The number of rotatable bonds is 0. The van der Waals surface area contributed by atoms with Crippen LogP contribution in [0.3, 0.4) is 0 Å². The third kappa shape index (κ3) is 0.915. The first-order valence-electron chi connectivity index (χ1n) is 4.50. The monoisotopic (exact) mass is 174 g/mol. The zero-order chi connectivity index (χ0) is 8.67. The molecule has 0 fully saturated rings. The van der Waals surface area contributed by atoms with E-state index in [1.54, 1.807) is 6.33 Å². The van der Waals surface area contributed by atoms with Crippen LogP contribution in [-0.2, 0) is 6.42 Å². The highest BCUT2D eigenvalue weighted by molar-refractivity contribution is 5.81. The quantitative estimate of drug-likeness (QED) is 0.633. The summed E-state index contributed by atoms with van der Waals surface area (Å²) < 4.78 is 0. The molecule has 0 saturated heterocycles. The van der Waals surface area contributed by atoms with Crippen LogP contribution in [-0.4, -0.2) is 21.5 Å². The van der Waals surface area contributed by atoms with Crippen LogP contribution < -0.4 is 5.32 Å². The molecule has 0 aliphatic carbocycles. The summed E-state index contributed by atoms with van der Waals surface area (Å²) in [5.41, 5.74) is 3.38. The first-order chi connectivity index (χ1) is 6.45. The summed E-state index contributed by atoms with van der Waals surface area (Å²) in [7, 11) is 0.